The molecule has 0 saturated heterocycles. The predicted molar refractivity (Wildman–Crippen MR) is 49.2 cm³/mol. The molecule has 2 N–H and O–H groups in total. The van der Waals surface area contributed by atoms with Crippen molar-refractivity contribution in [3.8, 4) is 0 Å². The van der Waals surface area contributed by atoms with E-state index in [1.165, 1.54) is 32.4 Å². The highest BCUT2D eigenvalue weighted by Gasteiger charge is 2.38. The standard InChI is InChI=1S/C8H11BO5/c1-13-8(14-2)5-6(9(11)12)3-4-7(8)10/h3-5,11-12H,1-2H3. The molecule has 14 heavy (non-hydrogen) atoms. The third kappa shape index (κ3) is 1.78. The summed E-state index contributed by atoms with van der Waals surface area (Å²) in [6, 6.07) is 0. The molecule has 0 atom stereocenters. The first kappa shape index (κ1) is 11.1. The average molecular weight is 198 g/mol. The number of carbonyl (C=O) groups is 1. The van der Waals surface area contributed by atoms with Gasteiger partial charge in [0.25, 0.3) is 5.79 Å². The highest BCUT2D eigenvalue weighted by Crippen LogP contribution is 2.22. The van der Waals surface area contributed by atoms with Crippen molar-refractivity contribution in [1.29, 1.82) is 0 Å². The number of carbonyl (C=O) groups excluding carboxylic acids is 1. The zero-order chi connectivity index (χ0) is 10.8. The number of hydrogen-bond donors (Lipinski definition) is 2. The molecule has 6 heteroatoms. The van der Waals surface area contributed by atoms with Crippen LogP contribution >= 0.6 is 0 Å². The molecule has 0 aromatic carbocycles. The molecule has 0 radical (unpaired) electrons. The largest absolute Gasteiger partial charge is 0.488 e. The molecule has 0 spiro atoms. The van der Waals surface area contributed by atoms with Gasteiger partial charge in [0.2, 0.25) is 5.78 Å². The minimum Gasteiger partial charge on any atom is -0.423 e. The van der Waals surface area contributed by atoms with Gasteiger partial charge in [-0.1, -0.05) is 6.08 Å². The molecule has 1 rings (SSSR count). The molecule has 0 aliphatic heterocycles. The lowest BCUT2D eigenvalue weighted by Gasteiger charge is -2.27. The van der Waals surface area contributed by atoms with Gasteiger partial charge in [0, 0.05) is 14.2 Å². The van der Waals surface area contributed by atoms with Crippen LogP contribution < -0.4 is 0 Å². The van der Waals surface area contributed by atoms with Crippen LogP contribution in [0.25, 0.3) is 0 Å². The quantitative estimate of drug-likeness (QED) is 0.451. The fraction of sp³-hybridized carbons (Fsp3) is 0.375. The first-order valence-corrected chi connectivity index (χ1v) is 3.97. The smallest absolute Gasteiger partial charge is 0.423 e. The van der Waals surface area contributed by atoms with Gasteiger partial charge in [-0.2, -0.15) is 0 Å². The monoisotopic (exact) mass is 198 g/mol. The zero-order valence-electron chi connectivity index (χ0n) is 7.93. The molecule has 0 bridgehead atoms. The Labute approximate surface area is 81.8 Å². The van der Waals surface area contributed by atoms with Gasteiger partial charge in [-0.15, -0.1) is 0 Å². The highest BCUT2D eigenvalue weighted by atomic mass is 16.7. The average Bonchev–Trinajstić information content (AvgIpc) is 2.19. The molecule has 5 nitrogen and oxygen atoms in total. The van der Waals surface area contributed by atoms with E-state index in [2.05, 4.69) is 0 Å². The Hall–Kier alpha value is -0.945. The van der Waals surface area contributed by atoms with E-state index in [0.717, 1.165) is 0 Å². The van der Waals surface area contributed by atoms with Crippen molar-refractivity contribution in [2.24, 2.45) is 0 Å². The van der Waals surface area contributed by atoms with Crippen LogP contribution in [0.3, 0.4) is 0 Å². The summed E-state index contributed by atoms with van der Waals surface area (Å²) in [5.41, 5.74) is 0.160. The summed E-state index contributed by atoms with van der Waals surface area (Å²) in [6.45, 7) is 0. The van der Waals surface area contributed by atoms with E-state index >= 15 is 0 Å². The van der Waals surface area contributed by atoms with Crippen LogP contribution in [-0.2, 0) is 14.3 Å². The van der Waals surface area contributed by atoms with Crippen LogP contribution in [0.2, 0.25) is 0 Å². The van der Waals surface area contributed by atoms with Gasteiger partial charge in [-0.3, -0.25) is 4.79 Å². The molecule has 1 aliphatic carbocycles. The number of methoxy groups -OCH3 is 2. The van der Waals surface area contributed by atoms with Crippen LogP contribution in [0.4, 0.5) is 0 Å². The normalized spacial score (nSPS) is 19.4. The molecule has 1 aliphatic rings. The Morgan fingerprint density at radius 1 is 1.29 bits per heavy atom. The van der Waals surface area contributed by atoms with Gasteiger partial charge in [0.05, 0.1) is 0 Å². The van der Waals surface area contributed by atoms with Gasteiger partial charge < -0.3 is 19.5 Å². The zero-order valence-corrected chi connectivity index (χ0v) is 7.93. The van der Waals surface area contributed by atoms with Crippen LogP contribution in [0.15, 0.2) is 23.7 Å². The van der Waals surface area contributed by atoms with Gasteiger partial charge >= 0.3 is 7.12 Å². The SMILES string of the molecule is COC1(OC)C=C(B(O)O)C=CC1=O. The summed E-state index contributed by atoms with van der Waals surface area (Å²) in [7, 11) is 0.959. The Morgan fingerprint density at radius 3 is 2.29 bits per heavy atom. The fourth-order valence-electron chi connectivity index (χ4n) is 1.19. The second-order valence-electron chi connectivity index (χ2n) is 2.79. The summed E-state index contributed by atoms with van der Waals surface area (Å²) < 4.78 is 9.80. The molecule has 0 heterocycles. The lowest BCUT2D eigenvalue weighted by molar-refractivity contribution is -0.181. The lowest BCUT2D eigenvalue weighted by Crippen LogP contribution is -2.42. The van der Waals surface area contributed by atoms with E-state index in [1.807, 2.05) is 0 Å². The van der Waals surface area contributed by atoms with E-state index in [-0.39, 0.29) is 5.47 Å². The van der Waals surface area contributed by atoms with E-state index in [0.29, 0.717) is 0 Å². The van der Waals surface area contributed by atoms with Crippen molar-refractivity contribution in [2.45, 2.75) is 5.79 Å². The van der Waals surface area contributed by atoms with Crippen LogP contribution in [0, 0.1) is 0 Å². The molecule has 0 aromatic heterocycles. The van der Waals surface area contributed by atoms with Crippen molar-refractivity contribution in [2.75, 3.05) is 14.2 Å². The van der Waals surface area contributed by atoms with Crippen molar-refractivity contribution < 1.29 is 24.3 Å². The van der Waals surface area contributed by atoms with E-state index in [9.17, 15) is 4.79 Å². The summed E-state index contributed by atoms with van der Waals surface area (Å²) in [4.78, 5) is 11.4. The van der Waals surface area contributed by atoms with Gasteiger partial charge in [0.1, 0.15) is 0 Å². The first-order chi connectivity index (χ1) is 6.55. The molecule has 0 saturated carbocycles. The van der Waals surface area contributed by atoms with Crippen molar-refractivity contribution in [3.63, 3.8) is 0 Å². The maximum atomic E-state index is 11.4. The van der Waals surface area contributed by atoms with Gasteiger partial charge in [0.15, 0.2) is 0 Å². The maximum absolute atomic E-state index is 11.4. The molecule has 0 unspecified atom stereocenters. The molecule has 0 fully saturated rings. The fourth-order valence-corrected chi connectivity index (χ4v) is 1.19. The highest BCUT2D eigenvalue weighted by molar-refractivity contribution is 6.52. The lowest BCUT2D eigenvalue weighted by atomic mass is 9.75. The van der Waals surface area contributed by atoms with E-state index in [1.54, 1.807) is 0 Å². The summed E-state index contributed by atoms with van der Waals surface area (Å²) in [6.07, 6.45) is 3.73. The minimum atomic E-state index is -1.65. The molecular weight excluding hydrogens is 187 g/mol. The summed E-state index contributed by atoms with van der Waals surface area (Å²) >= 11 is 0. The topological polar surface area (TPSA) is 76.0 Å². The molecule has 76 valence electrons. The number of rotatable bonds is 3. The third-order valence-electron chi connectivity index (χ3n) is 2.03. The second kappa shape index (κ2) is 4.06. The Balaban J connectivity index is 3.06. The predicted octanol–water partition coefficient (Wildman–Crippen LogP) is -0.947. The first-order valence-electron chi connectivity index (χ1n) is 3.97. The Kier molecular flexibility index (Phi) is 3.23. The maximum Gasteiger partial charge on any atom is 0.488 e. The number of allylic oxidation sites excluding steroid dienone is 2. The molecule has 0 aromatic rings. The van der Waals surface area contributed by atoms with Crippen LogP contribution in [-0.4, -0.2) is 43.0 Å². The summed E-state index contributed by atoms with van der Waals surface area (Å²) in [5, 5.41) is 17.8. The van der Waals surface area contributed by atoms with Crippen molar-refractivity contribution >= 4 is 12.9 Å². The van der Waals surface area contributed by atoms with Crippen LogP contribution in [0.1, 0.15) is 0 Å². The van der Waals surface area contributed by atoms with E-state index < -0.39 is 18.7 Å². The molecular formula is C8H11BO5. The summed E-state index contributed by atoms with van der Waals surface area (Å²) in [5.74, 6) is -1.93. The minimum absolute atomic E-state index is 0.160. The Morgan fingerprint density at radius 2 is 1.86 bits per heavy atom. The third-order valence-corrected chi connectivity index (χ3v) is 2.03. The van der Waals surface area contributed by atoms with Gasteiger partial charge in [-0.25, -0.2) is 0 Å². The van der Waals surface area contributed by atoms with Crippen LogP contribution in [0.5, 0.6) is 0 Å². The van der Waals surface area contributed by atoms with Crippen molar-refractivity contribution in [3.05, 3.63) is 23.7 Å². The van der Waals surface area contributed by atoms with E-state index in [4.69, 9.17) is 19.5 Å². The Bertz CT molecular complexity index is 290. The second-order valence-corrected chi connectivity index (χ2v) is 2.79. The number of hydrogen-bond acceptors (Lipinski definition) is 5. The molecule has 0 amide bonds. The number of ether oxygens (including phenoxy) is 2. The van der Waals surface area contributed by atoms with Crippen molar-refractivity contribution in [1.82, 2.24) is 0 Å². The number of ketones is 1. The van der Waals surface area contributed by atoms with Gasteiger partial charge in [-0.05, 0) is 17.6 Å².